The molecule has 9 heteroatoms. The van der Waals surface area contributed by atoms with Crippen LogP contribution in [-0.4, -0.2) is 31.5 Å². The van der Waals surface area contributed by atoms with Crippen LogP contribution in [0.15, 0.2) is 28.1 Å². The van der Waals surface area contributed by atoms with Gasteiger partial charge in [0.15, 0.2) is 6.04 Å². The van der Waals surface area contributed by atoms with Crippen molar-refractivity contribution in [3.05, 3.63) is 23.2 Å². The monoisotopic (exact) mass is 317 g/mol. The average molecular weight is 318 g/mol. The van der Waals surface area contributed by atoms with Gasteiger partial charge < -0.3 is 10.4 Å². The largest absolute Gasteiger partial charge is 0.480 e. The summed E-state index contributed by atoms with van der Waals surface area (Å²) in [4.78, 5) is 14.8. The van der Waals surface area contributed by atoms with Crippen molar-refractivity contribution in [1.82, 2.24) is 4.72 Å². The number of carboxylic acids is 1. The van der Waals surface area contributed by atoms with Crippen molar-refractivity contribution < 1.29 is 18.3 Å². The second-order valence-electron chi connectivity index (χ2n) is 4.11. The first-order valence-corrected chi connectivity index (χ1v) is 7.59. The number of aliphatic imine (C=N–C) groups is 1. The zero-order chi connectivity index (χ0) is 14.9. The van der Waals surface area contributed by atoms with E-state index in [0.717, 1.165) is 0 Å². The lowest BCUT2D eigenvalue weighted by Crippen LogP contribution is -2.42. The summed E-state index contributed by atoms with van der Waals surface area (Å²) in [6.07, 6.45) is 0.246. The van der Waals surface area contributed by atoms with E-state index in [0.29, 0.717) is 5.69 Å². The molecule has 1 unspecified atom stereocenters. The fourth-order valence-electron chi connectivity index (χ4n) is 1.69. The molecule has 1 aliphatic rings. The number of rotatable bonds is 3. The summed E-state index contributed by atoms with van der Waals surface area (Å²) in [6.45, 7) is 1.65. The molecule has 0 aliphatic carbocycles. The third-order valence-electron chi connectivity index (χ3n) is 2.67. The predicted octanol–water partition coefficient (Wildman–Crippen LogP) is 1.26. The van der Waals surface area contributed by atoms with E-state index in [2.05, 4.69) is 15.0 Å². The van der Waals surface area contributed by atoms with Crippen LogP contribution in [0.25, 0.3) is 0 Å². The maximum atomic E-state index is 12.0. The number of carbonyl (C=O) groups is 1. The van der Waals surface area contributed by atoms with Crippen LogP contribution in [0.5, 0.6) is 0 Å². The zero-order valence-corrected chi connectivity index (χ0v) is 12.0. The van der Waals surface area contributed by atoms with Gasteiger partial charge in [-0.2, -0.15) is 0 Å². The van der Waals surface area contributed by atoms with Gasteiger partial charge in [0.2, 0.25) is 5.96 Å². The molecule has 0 saturated carbocycles. The first-order valence-electron chi connectivity index (χ1n) is 5.73. The fourth-order valence-corrected chi connectivity index (χ4v) is 3.09. The van der Waals surface area contributed by atoms with Gasteiger partial charge in [-0.3, -0.25) is 0 Å². The topological polar surface area (TPSA) is 108 Å². The Morgan fingerprint density at radius 3 is 2.80 bits per heavy atom. The number of hydrogen-bond acceptors (Lipinski definition) is 4. The highest BCUT2D eigenvalue weighted by Gasteiger charge is 2.28. The van der Waals surface area contributed by atoms with Gasteiger partial charge in [0.25, 0.3) is 10.0 Å². The van der Waals surface area contributed by atoms with Crippen LogP contribution in [0, 0.1) is 0 Å². The van der Waals surface area contributed by atoms with Crippen molar-refractivity contribution in [3.63, 3.8) is 0 Å². The number of hydrogen-bond donors (Lipinski definition) is 3. The second kappa shape index (κ2) is 5.29. The fraction of sp³-hybridized carbons (Fsp3) is 0.273. The van der Waals surface area contributed by atoms with Crippen molar-refractivity contribution in [3.8, 4) is 0 Å². The molecule has 0 amide bonds. The molecule has 7 nitrogen and oxygen atoms in total. The number of aliphatic carboxylic acids is 1. The Morgan fingerprint density at radius 2 is 2.20 bits per heavy atom. The van der Waals surface area contributed by atoms with Crippen LogP contribution in [0.4, 0.5) is 5.69 Å². The predicted molar refractivity (Wildman–Crippen MR) is 74.5 cm³/mol. The van der Waals surface area contributed by atoms with E-state index in [4.69, 9.17) is 16.7 Å². The summed E-state index contributed by atoms with van der Waals surface area (Å²) in [5.74, 6) is -1.24. The van der Waals surface area contributed by atoms with Crippen LogP contribution in [0.3, 0.4) is 0 Å². The Bertz CT molecular complexity index is 687. The van der Waals surface area contributed by atoms with E-state index < -0.39 is 22.0 Å². The standard InChI is InChI=1S/C11H12ClN3O4S/c1-2-7(10(16)17)13-11-14-8-4-3-6(12)5-9(8)20(18,19)15-11/h3-5,7H,2H2,1H3,(H,16,17)(H2,13,14,15). The number of benzene rings is 1. The summed E-state index contributed by atoms with van der Waals surface area (Å²) >= 11 is 5.76. The zero-order valence-electron chi connectivity index (χ0n) is 10.4. The maximum absolute atomic E-state index is 12.0. The number of nitrogens with zero attached hydrogens (tertiary/aromatic N) is 1. The van der Waals surface area contributed by atoms with E-state index in [-0.39, 0.29) is 22.3 Å². The van der Waals surface area contributed by atoms with Crippen LogP contribution < -0.4 is 10.0 Å². The molecule has 0 aromatic heterocycles. The van der Waals surface area contributed by atoms with E-state index in [1.165, 1.54) is 18.2 Å². The molecular weight excluding hydrogens is 306 g/mol. The molecule has 1 aromatic carbocycles. The minimum Gasteiger partial charge on any atom is -0.480 e. The second-order valence-corrected chi connectivity index (χ2v) is 6.20. The smallest absolute Gasteiger partial charge is 0.328 e. The van der Waals surface area contributed by atoms with E-state index in [1.807, 2.05) is 0 Å². The normalized spacial score (nSPS) is 19.6. The minimum absolute atomic E-state index is 0.00711. The number of halogens is 1. The molecule has 1 atom stereocenters. The number of guanidine groups is 1. The Labute approximate surface area is 120 Å². The van der Waals surface area contributed by atoms with Gasteiger partial charge in [-0.05, 0) is 24.6 Å². The molecular formula is C11H12ClN3O4S. The third-order valence-corrected chi connectivity index (χ3v) is 4.29. The van der Waals surface area contributed by atoms with Gasteiger partial charge in [0.05, 0.1) is 5.69 Å². The van der Waals surface area contributed by atoms with E-state index >= 15 is 0 Å². The molecule has 108 valence electrons. The van der Waals surface area contributed by atoms with Crippen LogP contribution >= 0.6 is 11.6 Å². The van der Waals surface area contributed by atoms with Crippen molar-refractivity contribution in [2.24, 2.45) is 4.99 Å². The summed E-state index contributed by atoms with van der Waals surface area (Å²) in [5, 5.41) is 12.0. The van der Waals surface area contributed by atoms with Crippen molar-refractivity contribution in [2.45, 2.75) is 24.3 Å². The lowest BCUT2D eigenvalue weighted by atomic mass is 10.2. The van der Waals surface area contributed by atoms with E-state index in [1.54, 1.807) is 6.92 Å². The molecule has 1 aromatic rings. The van der Waals surface area contributed by atoms with Crippen molar-refractivity contribution >= 4 is 39.2 Å². The van der Waals surface area contributed by atoms with Crippen molar-refractivity contribution in [2.75, 3.05) is 5.32 Å². The Morgan fingerprint density at radius 1 is 1.50 bits per heavy atom. The van der Waals surface area contributed by atoms with Crippen LogP contribution in [0.1, 0.15) is 13.3 Å². The quantitative estimate of drug-likeness (QED) is 0.778. The number of fused-ring (bicyclic) bond motifs is 1. The molecule has 2 rings (SSSR count). The summed E-state index contributed by atoms with van der Waals surface area (Å²) in [5.41, 5.74) is 0.298. The average Bonchev–Trinajstić information content (AvgIpc) is 2.36. The van der Waals surface area contributed by atoms with Crippen LogP contribution in [0.2, 0.25) is 5.02 Å². The molecule has 0 fully saturated rings. The molecule has 0 spiro atoms. The van der Waals surface area contributed by atoms with E-state index in [9.17, 15) is 13.2 Å². The summed E-state index contributed by atoms with van der Waals surface area (Å²) < 4.78 is 26.3. The highest BCUT2D eigenvalue weighted by atomic mass is 35.5. The van der Waals surface area contributed by atoms with Gasteiger partial charge in [-0.25, -0.2) is 22.9 Å². The SMILES string of the molecule is CCC(N=C1Nc2ccc(Cl)cc2S(=O)(=O)N1)C(=O)O. The first-order chi connectivity index (χ1) is 9.33. The van der Waals surface area contributed by atoms with Gasteiger partial charge in [-0.15, -0.1) is 0 Å². The molecule has 0 bridgehead atoms. The van der Waals surface area contributed by atoms with Gasteiger partial charge in [0, 0.05) is 5.02 Å². The van der Waals surface area contributed by atoms with Crippen LogP contribution in [-0.2, 0) is 14.8 Å². The molecule has 0 saturated heterocycles. The van der Waals surface area contributed by atoms with Crippen molar-refractivity contribution in [1.29, 1.82) is 0 Å². The summed E-state index contributed by atoms with van der Waals surface area (Å²) in [7, 11) is -3.81. The molecule has 0 radical (unpaired) electrons. The lowest BCUT2D eigenvalue weighted by Gasteiger charge is -2.22. The number of sulfonamides is 1. The number of anilines is 1. The highest BCUT2D eigenvalue weighted by Crippen LogP contribution is 2.27. The number of nitrogens with one attached hydrogen (secondary N) is 2. The maximum Gasteiger partial charge on any atom is 0.328 e. The molecule has 1 aliphatic heterocycles. The van der Waals surface area contributed by atoms with Gasteiger partial charge in [-0.1, -0.05) is 18.5 Å². The lowest BCUT2D eigenvalue weighted by molar-refractivity contribution is -0.138. The molecule has 20 heavy (non-hydrogen) atoms. The van der Waals surface area contributed by atoms with Gasteiger partial charge in [0.1, 0.15) is 4.90 Å². The minimum atomic E-state index is -3.81. The third kappa shape index (κ3) is 2.86. The molecule has 3 N–H and O–H groups in total. The first kappa shape index (κ1) is 14.6. The molecule has 1 heterocycles. The Hall–Kier alpha value is -1.80. The van der Waals surface area contributed by atoms with Gasteiger partial charge >= 0.3 is 5.97 Å². The Balaban J connectivity index is 2.43. The summed E-state index contributed by atoms with van der Waals surface area (Å²) in [6, 6.07) is 3.31. The number of carboxylic acid groups (broad SMARTS) is 1. The highest BCUT2D eigenvalue weighted by molar-refractivity contribution is 7.90. The Kier molecular flexibility index (Phi) is 3.87.